The van der Waals surface area contributed by atoms with Gasteiger partial charge in [-0.3, -0.25) is 0 Å². The molecule has 0 aliphatic carbocycles. The second-order valence-electron chi connectivity index (χ2n) is 2.37. The first kappa shape index (κ1) is 11.2. The zero-order chi connectivity index (χ0) is 10.8. The zero-order valence-electron chi connectivity index (χ0n) is 7.20. The second-order valence-corrected chi connectivity index (χ2v) is 4.59. The van der Waals surface area contributed by atoms with Gasteiger partial charge in [-0.2, -0.15) is 8.42 Å². The molecule has 0 N–H and O–H groups in total. The summed E-state index contributed by atoms with van der Waals surface area (Å²) in [5.41, 5.74) is 0. The van der Waals surface area contributed by atoms with Crippen molar-refractivity contribution in [1.82, 2.24) is 4.98 Å². The Hall–Kier alpha value is -0.880. The van der Waals surface area contributed by atoms with Crippen molar-refractivity contribution in [3.63, 3.8) is 0 Å². The maximum Gasteiger partial charge on any atom is 0.309 e. The maximum absolute atomic E-state index is 12.6. The van der Waals surface area contributed by atoms with Crippen molar-refractivity contribution in [1.29, 1.82) is 0 Å². The van der Waals surface area contributed by atoms with Gasteiger partial charge in [-0.1, -0.05) is 11.6 Å². The Kier molecular flexibility index (Phi) is 3.28. The van der Waals surface area contributed by atoms with Crippen LogP contribution < -0.4 is 4.18 Å². The summed E-state index contributed by atoms with van der Waals surface area (Å²) >= 11 is 5.49. The molecule has 0 spiro atoms. The lowest BCUT2D eigenvalue weighted by Gasteiger charge is -2.05. The summed E-state index contributed by atoms with van der Waals surface area (Å²) in [4.78, 5) is 3.40. The highest BCUT2D eigenvalue weighted by molar-refractivity contribution is 7.87. The van der Waals surface area contributed by atoms with Gasteiger partial charge >= 0.3 is 10.1 Å². The van der Waals surface area contributed by atoms with Gasteiger partial charge < -0.3 is 4.18 Å². The van der Waals surface area contributed by atoms with Gasteiger partial charge in [-0.05, 0) is 6.92 Å². The predicted octanol–water partition coefficient (Wildman–Crippen LogP) is 1.60. The van der Waals surface area contributed by atoms with Gasteiger partial charge in [0.2, 0.25) is 0 Å². The Bertz CT molecular complexity index is 435. The van der Waals surface area contributed by atoms with E-state index < -0.39 is 15.9 Å². The van der Waals surface area contributed by atoms with Crippen molar-refractivity contribution < 1.29 is 17.0 Å². The van der Waals surface area contributed by atoms with Gasteiger partial charge in [0.05, 0.1) is 11.9 Å². The third-order valence-corrected chi connectivity index (χ3v) is 2.77. The van der Waals surface area contributed by atoms with E-state index in [0.717, 1.165) is 12.3 Å². The molecule has 7 heteroatoms. The first-order valence-electron chi connectivity index (χ1n) is 3.68. The van der Waals surface area contributed by atoms with E-state index in [-0.39, 0.29) is 16.7 Å². The summed E-state index contributed by atoms with van der Waals surface area (Å²) < 4.78 is 39.1. The summed E-state index contributed by atoms with van der Waals surface area (Å²) in [6.07, 6.45) is 0.869. The van der Waals surface area contributed by atoms with Crippen molar-refractivity contribution >= 4 is 21.7 Å². The van der Waals surface area contributed by atoms with Crippen LogP contribution in [-0.4, -0.2) is 19.2 Å². The van der Waals surface area contributed by atoms with Crippen LogP contribution in [0.3, 0.4) is 0 Å². The van der Waals surface area contributed by atoms with Gasteiger partial charge in [-0.15, -0.1) is 0 Å². The molecule has 0 radical (unpaired) electrons. The van der Waals surface area contributed by atoms with E-state index in [1.54, 1.807) is 0 Å². The van der Waals surface area contributed by atoms with Crippen LogP contribution in [0.25, 0.3) is 0 Å². The van der Waals surface area contributed by atoms with Crippen LogP contribution in [0.2, 0.25) is 5.15 Å². The van der Waals surface area contributed by atoms with Crippen molar-refractivity contribution in [2.24, 2.45) is 0 Å². The minimum absolute atomic E-state index is 0.191. The molecule has 0 amide bonds. The van der Waals surface area contributed by atoms with Crippen LogP contribution >= 0.6 is 11.6 Å². The average Bonchev–Trinajstić information content (AvgIpc) is 2.11. The van der Waals surface area contributed by atoms with Gasteiger partial charge in [0, 0.05) is 6.07 Å². The third kappa shape index (κ3) is 2.81. The Morgan fingerprint density at radius 1 is 1.64 bits per heavy atom. The quantitative estimate of drug-likeness (QED) is 0.594. The zero-order valence-corrected chi connectivity index (χ0v) is 8.77. The lowest BCUT2D eigenvalue weighted by Crippen LogP contribution is -2.12. The van der Waals surface area contributed by atoms with Crippen molar-refractivity contribution in [2.45, 2.75) is 6.92 Å². The number of halogens is 2. The number of pyridine rings is 1. The summed E-state index contributed by atoms with van der Waals surface area (Å²) in [6.45, 7) is 1.40. The topological polar surface area (TPSA) is 56.3 Å². The van der Waals surface area contributed by atoms with E-state index in [0.29, 0.717) is 0 Å². The number of rotatable bonds is 3. The lowest BCUT2D eigenvalue weighted by molar-refractivity contribution is 0.483. The van der Waals surface area contributed by atoms with E-state index in [9.17, 15) is 12.8 Å². The number of hydrogen-bond acceptors (Lipinski definition) is 4. The minimum Gasteiger partial charge on any atom is -0.379 e. The normalized spacial score (nSPS) is 11.4. The van der Waals surface area contributed by atoms with Crippen molar-refractivity contribution in [2.75, 3.05) is 5.75 Å². The van der Waals surface area contributed by atoms with Crippen LogP contribution in [-0.2, 0) is 10.1 Å². The first-order valence-corrected chi connectivity index (χ1v) is 5.63. The molecule has 1 rings (SSSR count). The molecule has 0 aliphatic rings. The van der Waals surface area contributed by atoms with E-state index in [2.05, 4.69) is 9.17 Å². The van der Waals surface area contributed by atoms with Gasteiger partial charge in [0.1, 0.15) is 5.82 Å². The SMILES string of the molecule is CCS(=O)(=O)Oc1cc(F)cnc1Cl. The molecule has 0 unspecified atom stereocenters. The number of hydrogen-bond donors (Lipinski definition) is 0. The number of aromatic nitrogens is 1. The summed E-state index contributed by atoms with van der Waals surface area (Å²) in [7, 11) is -3.70. The molecular weight excluding hydrogens is 233 g/mol. The maximum atomic E-state index is 12.6. The van der Waals surface area contributed by atoms with Crippen molar-refractivity contribution in [3.05, 3.63) is 23.2 Å². The summed E-state index contributed by atoms with van der Waals surface area (Å²) in [5, 5.41) is -0.191. The van der Waals surface area contributed by atoms with Crippen LogP contribution in [0.1, 0.15) is 6.92 Å². The molecule has 78 valence electrons. The molecule has 1 aromatic heterocycles. The van der Waals surface area contributed by atoms with Crippen LogP contribution in [0.15, 0.2) is 12.3 Å². The second kappa shape index (κ2) is 4.10. The average molecular weight is 240 g/mol. The molecular formula is C7H7ClFNO3S. The molecule has 1 heterocycles. The molecule has 0 aromatic carbocycles. The van der Waals surface area contributed by atoms with E-state index in [1.165, 1.54) is 6.92 Å². The molecule has 0 atom stereocenters. The third-order valence-electron chi connectivity index (χ3n) is 1.34. The number of nitrogens with zero attached hydrogens (tertiary/aromatic N) is 1. The van der Waals surface area contributed by atoms with Crippen LogP contribution in [0.4, 0.5) is 4.39 Å². The standard InChI is InChI=1S/C7H7ClFNO3S/c1-2-14(11,12)13-6-3-5(9)4-10-7(6)8/h3-4H,2H2,1H3. The fraction of sp³-hybridized carbons (Fsp3) is 0.286. The highest BCUT2D eigenvalue weighted by Gasteiger charge is 2.13. The molecule has 0 fully saturated rings. The fourth-order valence-electron chi connectivity index (χ4n) is 0.658. The molecule has 0 saturated heterocycles. The first-order chi connectivity index (χ1) is 6.44. The van der Waals surface area contributed by atoms with Gasteiger partial charge in [0.15, 0.2) is 10.9 Å². The molecule has 0 aliphatic heterocycles. The molecule has 1 aromatic rings. The minimum atomic E-state index is -3.70. The highest BCUT2D eigenvalue weighted by atomic mass is 35.5. The Labute approximate surface area is 85.8 Å². The van der Waals surface area contributed by atoms with Gasteiger partial charge in [-0.25, -0.2) is 9.37 Å². The van der Waals surface area contributed by atoms with Crippen LogP contribution in [0, 0.1) is 5.82 Å². The summed E-state index contributed by atoms with van der Waals surface area (Å²) in [6, 6.07) is 0.864. The van der Waals surface area contributed by atoms with E-state index >= 15 is 0 Å². The monoisotopic (exact) mass is 239 g/mol. The van der Waals surface area contributed by atoms with Gasteiger partial charge in [0.25, 0.3) is 0 Å². The Balaban J connectivity index is 3.03. The largest absolute Gasteiger partial charge is 0.379 e. The highest BCUT2D eigenvalue weighted by Crippen LogP contribution is 2.23. The molecule has 0 saturated carbocycles. The molecule has 4 nitrogen and oxygen atoms in total. The molecule has 0 bridgehead atoms. The lowest BCUT2D eigenvalue weighted by atomic mass is 10.4. The fourth-order valence-corrected chi connectivity index (χ4v) is 1.36. The molecule has 14 heavy (non-hydrogen) atoms. The summed E-state index contributed by atoms with van der Waals surface area (Å²) in [5.74, 6) is -1.23. The smallest absolute Gasteiger partial charge is 0.309 e. The Morgan fingerprint density at radius 3 is 2.86 bits per heavy atom. The van der Waals surface area contributed by atoms with E-state index in [4.69, 9.17) is 11.6 Å². The van der Waals surface area contributed by atoms with E-state index in [1.807, 2.05) is 0 Å². The predicted molar refractivity (Wildman–Crippen MR) is 49.3 cm³/mol. The van der Waals surface area contributed by atoms with Crippen LogP contribution in [0.5, 0.6) is 5.75 Å². The van der Waals surface area contributed by atoms with Crippen molar-refractivity contribution in [3.8, 4) is 5.75 Å². The Morgan fingerprint density at radius 2 is 2.29 bits per heavy atom.